The molecule has 31 heavy (non-hydrogen) atoms. The summed E-state index contributed by atoms with van der Waals surface area (Å²) in [6.07, 6.45) is 3.68. The molecule has 0 spiro atoms. The quantitative estimate of drug-likeness (QED) is 0.561. The Morgan fingerprint density at radius 1 is 1.13 bits per heavy atom. The molecule has 3 aromatic rings. The smallest absolute Gasteiger partial charge is 0.269 e. The van der Waals surface area contributed by atoms with Gasteiger partial charge in [0.15, 0.2) is 5.57 Å². The van der Waals surface area contributed by atoms with Crippen LogP contribution in [0.3, 0.4) is 0 Å². The Bertz CT molecular complexity index is 1330. The summed E-state index contributed by atoms with van der Waals surface area (Å²) in [5, 5.41) is 9.87. The number of thiazole rings is 1. The maximum absolute atomic E-state index is 13.3. The van der Waals surface area contributed by atoms with Gasteiger partial charge >= 0.3 is 0 Å². The zero-order chi connectivity index (χ0) is 21.8. The van der Waals surface area contributed by atoms with Crippen LogP contribution in [0.4, 0.5) is 0 Å². The molecule has 7 heteroatoms. The summed E-state index contributed by atoms with van der Waals surface area (Å²) in [6.45, 7) is 1.60. The Hall–Kier alpha value is -2.95. The molecule has 1 aliphatic heterocycles. The highest BCUT2D eigenvalue weighted by molar-refractivity contribution is 9.10. The molecule has 2 aromatic carbocycles. The van der Waals surface area contributed by atoms with E-state index in [0.717, 1.165) is 28.4 Å². The van der Waals surface area contributed by atoms with Crippen LogP contribution in [0.5, 0.6) is 0 Å². The van der Waals surface area contributed by atoms with Crippen LogP contribution in [0.2, 0.25) is 0 Å². The third-order valence-corrected chi connectivity index (χ3v) is 6.79. The number of hydrogen-bond acceptors (Lipinski definition) is 4. The molecule has 2 heterocycles. The lowest BCUT2D eigenvalue weighted by atomic mass is 10.2. The minimum absolute atomic E-state index is 0.0359. The molecule has 4 rings (SSSR count). The molecule has 0 atom stereocenters. The van der Waals surface area contributed by atoms with Gasteiger partial charge in [-0.25, -0.2) is 0 Å². The van der Waals surface area contributed by atoms with Gasteiger partial charge in [-0.2, -0.15) is 5.26 Å². The topological polar surface area (TPSA) is 66.1 Å². The molecule has 1 saturated heterocycles. The van der Waals surface area contributed by atoms with Crippen molar-refractivity contribution in [2.45, 2.75) is 19.4 Å². The standard InChI is InChI=1S/C24H20BrN3O2S/c25-19-10-6-9-18(13-19)14-21-23(30)28(16-17-7-2-1-3-8-17)24(31-21)20(15-26)22(29)27-11-4-5-12-27/h1-3,6-10,13-14H,4-5,11-12,16H2/b21-14-,24-20-. The number of carbonyl (C=O) groups excluding carboxylic acids is 1. The van der Waals surface area contributed by atoms with Crippen molar-refractivity contribution in [3.63, 3.8) is 0 Å². The van der Waals surface area contributed by atoms with E-state index in [-0.39, 0.29) is 17.0 Å². The first-order valence-electron chi connectivity index (χ1n) is 10.0. The minimum atomic E-state index is -0.294. The second-order valence-corrected chi connectivity index (χ2v) is 9.28. The van der Waals surface area contributed by atoms with Gasteiger partial charge in [-0.15, -0.1) is 11.3 Å². The Morgan fingerprint density at radius 2 is 1.87 bits per heavy atom. The fourth-order valence-corrected chi connectivity index (χ4v) is 5.14. The molecule has 0 bridgehead atoms. The zero-order valence-electron chi connectivity index (χ0n) is 16.8. The molecule has 5 nitrogen and oxygen atoms in total. The normalized spacial score (nSPS) is 15.1. The first-order chi connectivity index (χ1) is 15.1. The molecule has 0 radical (unpaired) electrons. The number of halogens is 1. The van der Waals surface area contributed by atoms with Crippen molar-refractivity contribution < 1.29 is 4.79 Å². The summed E-state index contributed by atoms with van der Waals surface area (Å²) >= 11 is 4.65. The van der Waals surface area contributed by atoms with E-state index in [4.69, 9.17) is 0 Å². The Labute approximate surface area is 192 Å². The predicted molar refractivity (Wildman–Crippen MR) is 126 cm³/mol. The molecule has 0 saturated carbocycles. The Balaban J connectivity index is 1.93. The maximum atomic E-state index is 13.3. The van der Waals surface area contributed by atoms with Gasteiger partial charge in [0.1, 0.15) is 10.7 Å². The number of nitriles is 1. The van der Waals surface area contributed by atoms with Gasteiger partial charge in [-0.1, -0.05) is 58.4 Å². The zero-order valence-corrected chi connectivity index (χ0v) is 19.2. The molecule has 1 aromatic heterocycles. The fraction of sp³-hybridized carbons (Fsp3) is 0.208. The molecule has 1 fully saturated rings. The maximum Gasteiger partial charge on any atom is 0.269 e. The van der Waals surface area contributed by atoms with Gasteiger partial charge in [0.25, 0.3) is 11.5 Å². The lowest BCUT2D eigenvalue weighted by Crippen LogP contribution is -2.36. The van der Waals surface area contributed by atoms with Crippen LogP contribution >= 0.6 is 27.3 Å². The average molecular weight is 494 g/mol. The van der Waals surface area contributed by atoms with Crippen molar-refractivity contribution >= 4 is 44.8 Å². The molecule has 1 aliphatic rings. The summed E-state index contributed by atoms with van der Waals surface area (Å²) in [4.78, 5) is 28.1. The van der Waals surface area contributed by atoms with Gasteiger partial charge in [0, 0.05) is 17.6 Å². The average Bonchev–Trinajstić information content (AvgIpc) is 3.40. The first kappa shape index (κ1) is 21.3. The lowest BCUT2D eigenvalue weighted by molar-refractivity contribution is -0.123. The second kappa shape index (κ2) is 9.46. The van der Waals surface area contributed by atoms with Crippen LogP contribution in [0.25, 0.3) is 11.6 Å². The Kier molecular flexibility index (Phi) is 6.50. The number of amides is 1. The van der Waals surface area contributed by atoms with Crippen molar-refractivity contribution in [3.05, 3.63) is 89.7 Å². The van der Waals surface area contributed by atoms with Crippen molar-refractivity contribution in [1.82, 2.24) is 9.47 Å². The van der Waals surface area contributed by atoms with Gasteiger partial charge < -0.3 is 4.90 Å². The van der Waals surface area contributed by atoms with Crippen LogP contribution in [0, 0.1) is 11.3 Å². The van der Waals surface area contributed by atoms with E-state index in [1.54, 1.807) is 15.5 Å². The van der Waals surface area contributed by atoms with E-state index in [2.05, 4.69) is 22.0 Å². The predicted octanol–water partition coefficient (Wildman–Crippen LogP) is 2.85. The van der Waals surface area contributed by atoms with Crippen molar-refractivity contribution in [3.8, 4) is 6.07 Å². The van der Waals surface area contributed by atoms with E-state index in [1.165, 1.54) is 11.3 Å². The van der Waals surface area contributed by atoms with Crippen LogP contribution in [0.1, 0.15) is 24.0 Å². The van der Waals surface area contributed by atoms with Gasteiger partial charge in [0.05, 0.1) is 11.1 Å². The second-order valence-electron chi connectivity index (χ2n) is 7.33. The number of likely N-dealkylation sites (tertiary alicyclic amines) is 1. The number of rotatable bonds is 4. The summed E-state index contributed by atoms with van der Waals surface area (Å²) in [6, 6.07) is 19.3. The molecule has 0 N–H and O–H groups in total. The van der Waals surface area contributed by atoms with Crippen molar-refractivity contribution in [1.29, 1.82) is 5.26 Å². The van der Waals surface area contributed by atoms with Gasteiger partial charge in [-0.3, -0.25) is 14.2 Å². The molecule has 1 amide bonds. The highest BCUT2D eigenvalue weighted by Crippen LogP contribution is 2.13. The van der Waals surface area contributed by atoms with E-state index >= 15 is 0 Å². The number of benzene rings is 2. The third-order valence-electron chi connectivity index (χ3n) is 5.17. The fourth-order valence-electron chi connectivity index (χ4n) is 3.63. The molecular weight excluding hydrogens is 474 g/mol. The number of aromatic nitrogens is 1. The molecular formula is C24H20BrN3O2S. The van der Waals surface area contributed by atoms with E-state index in [9.17, 15) is 14.9 Å². The first-order valence-corrected chi connectivity index (χ1v) is 11.6. The van der Waals surface area contributed by atoms with E-state index < -0.39 is 0 Å². The molecule has 156 valence electrons. The van der Waals surface area contributed by atoms with E-state index in [0.29, 0.717) is 28.8 Å². The number of nitrogens with zero attached hydrogens (tertiary/aromatic N) is 3. The number of carbonyl (C=O) groups is 1. The van der Waals surface area contributed by atoms with Crippen molar-refractivity contribution in [2.75, 3.05) is 13.1 Å². The summed E-state index contributed by atoms with van der Waals surface area (Å²) in [7, 11) is 0. The van der Waals surface area contributed by atoms with Gasteiger partial charge in [-0.05, 0) is 42.2 Å². The number of hydrogen-bond donors (Lipinski definition) is 0. The van der Waals surface area contributed by atoms with Gasteiger partial charge in [0.2, 0.25) is 0 Å². The summed E-state index contributed by atoms with van der Waals surface area (Å²) < 4.78 is 3.37. The van der Waals surface area contributed by atoms with Crippen LogP contribution in [0.15, 0.2) is 63.9 Å². The van der Waals surface area contributed by atoms with Crippen molar-refractivity contribution in [2.24, 2.45) is 0 Å². The van der Waals surface area contributed by atoms with Crippen LogP contribution in [-0.2, 0) is 11.3 Å². The minimum Gasteiger partial charge on any atom is -0.338 e. The lowest BCUT2D eigenvalue weighted by Gasteiger charge is -2.14. The molecule has 0 unspecified atom stereocenters. The van der Waals surface area contributed by atoms with Crippen LogP contribution in [-0.4, -0.2) is 28.5 Å². The SMILES string of the molecule is N#C/C(C(=O)N1CCCC1)=c1/s/c(=C\c2cccc(Br)c2)c(=O)n1Cc1ccccc1. The van der Waals surface area contributed by atoms with E-state index in [1.807, 2.05) is 54.6 Å². The summed E-state index contributed by atoms with van der Waals surface area (Å²) in [5.74, 6) is -0.294. The Morgan fingerprint density at radius 3 is 2.55 bits per heavy atom. The monoisotopic (exact) mass is 493 g/mol. The molecule has 0 aliphatic carbocycles. The highest BCUT2D eigenvalue weighted by Gasteiger charge is 2.24. The highest BCUT2D eigenvalue weighted by atomic mass is 79.9. The largest absolute Gasteiger partial charge is 0.338 e. The van der Waals surface area contributed by atoms with Crippen LogP contribution < -0.4 is 14.8 Å². The third kappa shape index (κ3) is 4.71. The summed E-state index contributed by atoms with van der Waals surface area (Å²) in [5.41, 5.74) is 1.64.